The number of carboxylic acids is 1. The van der Waals surface area contributed by atoms with Gasteiger partial charge in [0.15, 0.2) is 6.29 Å². The molecule has 4 saturated carbocycles. The minimum Gasteiger partial charge on any atom is -0.481 e. The highest BCUT2D eigenvalue weighted by molar-refractivity contribution is 5.79. The van der Waals surface area contributed by atoms with Crippen LogP contribution in [0.25, 0.3) is 0 Å². The summed E-state index contributed by atoms with van der Waals surface area (Å²) < 4.78 is 12.5. The predicted octanol–water partition coefficient (Wildman–Crippen LogP) is 2.78. The van der Waals surface area contributed by atoms with Gasteiger partial charge in [0.05, 0.1) is 37.2 Å². The van der Waals surface area contributed by atoms with Crippen LogP contribution in [-0.2, 0) is 24.5 Å². The van der Waals surface area contributed by atoms with Gasteiger partial charge in [-0.15, -0.1) is 0 Å². The molecule has 8 aliphatic rings. The molecule has 10 N–H and O–H groups in total. The number of imidazole rings is 1. The number of carboxylic acid groups (broad SMARTS) is 1. The number of carbonyl (C=O) groups is 2. The first-order chi connectivity index (χ1) is 29.8. The molecular formula is C48H74N4O11. The first kappa shape index (κ1) is 45.7. The molecule has 352 valence electrons. The highest BCUT2D eigenvalue weighted by Gasteiger charge is 2.74. The summed E-state index contributed by atoms with van der Waals surface area (Å²) in [6.07, 6.45) is 5.33. The van der Waals surface area contributed by atoms with Gasteiger partial charge >= 0.3 is 5.97 Å². The van der Waals surface area contributed by atoms with E-state index in [2.05, 4.69) is 54.4 Å². The fourth-order valence-electron chi connectivity index (χ4n) is 16.6. The van der Waals surface area contributed by atoms with Crippen LogP contribution in [0.1, 0.15) is 117 Å². The number of aromatic nitrogens is 2. The van der Waals surface area contributed by atoms with Gasteiger partial charge in [0, 0.05) is 41.8 Å². The number of hydrogen-bond acceptors (Lipinski definition) is 12. The Morgan fingerprint density at radius 3 is 2.32 bits per heavy atom. The van der Waals surface area contributed by atoms with Crippen molar-refractivity contribution in [3.8, 4) is 0 Å². The van der Waals surface area contributed by atoms with Gasteiger partial charge in [-0.3, -0.25) is 9.59 Å². The van der Waals surface area contributed by atoms with Gasteiger partial charge < -0.3 is 60.8 Å². The average Bonchev–Trinajstić information content (AvgIpc) is 3.95. The monoisotopic (exact) mass is 883 g/mol. The molecule has 1 amide bonds. The number of piperidine rings is 1. The van der Waals surface area contributed by atoms with Crippen LogP contribution in [0.3, 0.4) is 0 Å². The molecule has 63 heavy (non-hydrogen) atoms. The molecule has 1 aromatic heterocycles. The molecule has 18 unspecified atom stereocenters. The van der Waals surface area contributed by atoms with Gasteiger partial charge in [-0.1, -0.05) is 46.3 Å². The van der Waals surface area contributed by atoms with Crippen LogP contribution in [0.15, 0.2) is 24.2 Å². The summed E-state index contributed by atoms with van der Waals surface area (Å²) in [5, 5.41) is 85.7. The van der Waals surface area contributed by atoms with Crippen LogP contribution in [0.2, 0.25) is 0 Å². The number of carbonyl (C=O) groups excluding carboxylic acids is 1. The van der Waals surface area contributed by atoms with Crippen molar-refractivity contribution >= 4 is 11.9 Å². The van der Waals surface area contributed by atoms with E-state index in [1.54, 1.807) is 6.33 Å². The smallest absolute Gasteiger partial charge is 0.310 e. The highest BCUT2D eigenvalue weighted by atomic mass is 16.7. The molecule has 0 aromatic carbocycles. The maximum Gasteiger partial charge on any atom is 0.310 e. The van der Waals surface area contributed by atoms with Gasteiger partial charge in [-0.25, -0.2) is 4.98 Å². The summed E-state index contributed by atoms with van der Waals surface area (Å²) in [6, 6.07) is -0.257. The van der Waals surface area contributed by atoms with Gasteiger partial charge in [-0.2, -0.15) is 0 Å². The van der Waals surface area contributed by atoms with Crippen molar-refractivity contribution in [2.45, 2.75) is 160 Å². The number of amides is 1. The lowest BCUT2D eigenvalue weighted by Gasteiger charge is -2.73. The van der Waals surface area contributed by atoms with Crippen molar-refractivity contribution in [2.75, 3.05) is 32.9 Å². The number of nitrogens with zero attached hydrogens (tertiary/aromatic N) is 1. The number of nitrogens with one attached hydrogen (secondary N) is 3. The summed E-state index contributed by atoms with van der Waals surface area (Å²) >= 11 is 0. The molecule has 4 heterocycles. The number of hydrogen-bond donors (Lipinski definition) is 10. The maximum absolute atomic E-state index is 13.8. The Morgan fingerprint density at radius 1 is 0.921 bits per heavy atom. The molecule has 18 atom stereocenters. The molecule has 0 spiro atoms. The molecule has 15 heteroatoms. The Balaban J connectivity index is 1.16. The Kier molecular flexibility index (Phi) is 11.5. The van der Waals surface area contributed by atoms with Crippen molar-refractivity contribution in [3.05, 3.63) is 29.9 Å². The van der Waals surface area contributed by atoms with Crippen LogP contribution >= 0.6 is 0 Å². The molecule has 0 radical (unpaired) electrons. The van der Waals surface area contributed by atoms with Gasteiger partial charge in [0.1, 0.15) is 18.3 Å². The molecule has 5 aliphatic carbocycles. The quantitative estimate of drug-likeness (QED) is 0.127. The number of ether oxygens (including phenoxy) is 2. The van der Waals surface area contributed by atoms with Crippen LogP contribution in [0.5, 0.6) is 0 Å². The van der Waals surface area contributed by atoms with E-state index in [1.165, 1.54) is 5.57 Å². The van der Waals surface area contributed by atoms with Crippen molar-refractivity contribution in [3.63, 3.8) is 0 Å². The molecular weight excluding hydrogens is 809 g/mol. The zero-order valence-corrected chi connectivity index (χ0v) is 37.9. The summed E-state index contributed by atoms with van der Waals surface area (Å²) in [4.78, 5) is 35.0. The summed E-state index contributed by atoms with van der Waals surface area (Å²) in [6.45, 7) is 12.0. The van der Waals surface area contributed by atoms with Crippen molar-refractivity contribution in [2.24, 2.45) is 62.1 Å². The van der Waals surface area contributed by atoms with E-state index in [0.717, 1.165) is 38.0 Å². The lowest BCUT2D eigenvalue weighted by atomic mass is 9.31. The van der Waals surface area contributed by atoms with E-state index in [1.807, 2.05) is 13.1 Å². The standard InChI is InChI=1S/C48H74N4O11/c1-42(23-53)10-12-47(41(60)61)13-11-44(3)27(29(47)20-42)6-7-32-45(44,4)9-8-31-43(2,24-54)39(63-40-37(59)36(58)30(55)22-62-40)35(57)28(46(31,32)5)18-26-19-34(56)52-38(26)48(14-16-49-17-15-48)33-21-50-25-51-33/h6,21,25-26,28-32,35-40,49,53-55,57-59H,7-20,22-24H2,1-5H3,(H,50,51)(H,52,56)(H,60,61). The molecule has 1 aromatic rings. The zero-order chi connectivity index (χ0) is 45.1. The van der Waals surface area contributed by atoms with E-state index in [9.17, 15) is 45.3 Å². The second-order valence-electron chi connectivity index (χ2n) is 23.0. The van der Waals surface area contributed by atoms with Crippen LogP contribution in [0.4, 0.5) is 0 Å². The number of aliphatic carboxylic acids is 1. The number of aliphatic hydroxyl groups is 6. The van der Waals surface area contributed by atoms with E-state index < -0.39 is 70.4 Å². The largest absolute Gasteiger partial charge is 0.481 e. The number of aromatic amines is 1. The molecule has 7 fully saturated rings. The number of allylic oxidation sites excluding steroid dienone is 2. The second kappa shape index (κ2) is 15.8. The molecule has 3 aliphatic heterocycles. The number of fused-ring (bicyclic) bond motifs is 7. The Labute approximate surface area is 371 Å². The van der Waals surface area contributed by atoms with E-state index >= 15 is 0 Å². The SMILES string of the molecule is CC1(CO)CCC2(C(=O)O)CCC3(C)C(=CCC4C5(C)C(CC6CC(=O)NC6C6(c7cnc[nH]7)CCNCC6)C(O)C(OC6OCC(O)C(O)C6O)C(C)(CO)C5CCC43C)C2C1. The van der Waals surface area contributed by atoms with Gasteiger partial charge in [0.2, 0.25) is 5.91 Å². The fraction of sp³-hybridized carbons (Fsp3) is 0.854. The van der Waals surface area contributed by atoms with E-state index in [0.29, 0.717) is 51.4 Å². The third-order valence-corrected chi connectivity index (χ3v) is 20.4. The molecule has 9 rings (SSSR count). The van der Waals surface area contributed by atoms with Crippen molar-refractivity contribution in [1.29, 1.82) is 0 Å². The van der Waals surface area contributed by atoms with E-state index in [-0.39, 0.29) is 78.1 Å². The summed E-state index contributed by atoms with van der Waals surface area (Å²) in [7, 11) is 0. The van der Waals surface area contributed by atoms with Crippen molar-refractivity contribution in [1.82, 2.24) is 20.6 Å². The maximum atomic E-state index is 13.8. The fourth-order valence-corrected chi connectivity index (χ4v) is 16.6. The molecule has 15 nitrogen and oxygen atoms in total. The zero-order valence-electron chi connectivity index (χ0n) is 37.9. The average molecular weight is 883 g/mol. The van der Waals surface area contributed by atoms with Crippen LogP contribution in [-0.4, -0.2) is 133 Å². The second-order valence-corrected chi connectivity index (χ2v) is 23.0. The number of H-pyrrole nitrogens is 1. The number of rotatable bonds is 9. The third-order valence-electron chi connectivity index (χ3n) is 20.4. The van der Waals surface area contributed by atoms with Crippen molar-refractivity contribution < 1.29 is 54.8 Å². The predicted molar refractivity (Wildman–Crippen MR) is 229 cm³/mol. The third kappa shape index (κ3) is 6.47. The minimum absolute atomic E-state index is 0.00550. The van der Waals surface area contributed by atoms with Gasteiger partial charge in [0.25, 0.3) is 0 Å². The lowest BCUT2D eigenvalue weighted by Crippen LogP contribution is -2.72. The Bertz CT molecular complexity index is 1930. The first-order valence-corrected chi connectivity index (χ1v) is 23.9. The van der Waals surface area contributed by atoms with Crippen LogP contribution < -0.4 is 10.6 Å². The van der Waals surface area contributed by atoms with Crippen LogP contribution in [0, 0.1) is 62.1 Å². The first-order valence-electron chi connectivity index (χ1n) is 23.9. The lowest BCUT2D eigenvalue weighted by molar-refractivity contribution is -0.340. The normalized spacial score (nSPS) is 50.6. The molecule has 3 saturated heterocycles. The Hall–Kier alpha value is -2.47. The van der Waals surface area contributed by atoms with Gasteiger partial charge in [-0.05, 0) is 135 Å². The summed E-state index contributed by atoms with van der Waals surface area (Å²) in [5.74, 6) is -1.89. The van der Waals surface area contributed by atoms with E-state index in [4.69, 9.17) is 9.47 Å². The topological polar surface area (TPSA) is 247 Å². The molecule has 0 bridgehead atoms. The highest BCUT2D eigenvalue weighted by Crippen LogP contribution is 2.77. The minimum atomic E-state index is -1.60. The Morgan fingerprint density at radius 2 is 1.65 bits per heavy atom. The number of aliphatic hydroxyl groups excluding tert-OH is 6. The summed E-state index contributed by atoms with van der Waals surface area (Å²) in [5.41, 5.74) is -1.94.